The molecule has 0 saturated carbocycles. The summed E-state index contributed by atoms with van der Waals surface area (Å²) < 4.78 is 8.02. The first-order valence-corrected chi connectivity index (χ1v) is 9.83. The van der Waals surface area contributed by atoms with Gasteiger partial charge < -0.3 is 4.74 Å². The Balaban J connectivity index is 1.81. The molecule has 108 valence electrons. The van der Waals surface area contributed by atoms with Crippen LogP contribution in [-0.4, -0.2) is 29.5 Å². The van der Waals surface area contributed by atoms with Crippen LogP contribution in [0.25, 0.3) is 0 Å². The van der Waals surface area contributed by atoms with Gasteiger partial charge in [0.2, 0.25) is 0 Å². The van der Waals surface area contributed by atoms with Gasteiger partial charge in [-0.2, -0.15) is 11.8 Å². The average Bonchev–Trinajstić information content (AvgIpc) is 2.88. The quantitative estimate of drug-likeness (QED) is 0.472. The summed E-state index contributed by atoms with van der Waals surface area (Å²) in [7, 11) is 0. The highest BCUT2D eigenvalue weighted by atomic mass is 127. The number of hydrogen-bond donors (Lipinski definition) is 0. The molecule has 0 bridgehead atoms. The van der Waals surface area contributed by atoms with E-state index >= 15 is 0 Å². The normalized spacial score (nSPS) is 29.8. The fourth-order valence-corrected chi connectivity index (χ4v) is 5.33. The number of ketones is 1. The van der Waals surface area contributed by atoms with Crippen LogP contribution < -0.4 is 0 Å². The summed E-state index contributed by atoms with van der Waals surface area (Å²) in [5.41, 5.74) is 0.794. The molecule has 5 heteroatoms. The molecular weight excluding hydrogens is 451 g/mol. The predicted molar refractivity (Wildman–Crippen MR) is 94.5 cm³/mol. The Kier molecular flexibility index (Phi) is 4.79. The molecule has 2 nitrogen and oxygen atoms in total. The Labute approximate surface area is 145 Å². The molecule has 2 heterocycles. The Hall–Kier alpha value is 0.410. The zero-order chi connectivity index (χ0) is 14.2. The predicted octanol–water partition coefficient (Wildman–Crippen LogP) is 4.54. The number of ether oxygens (including phenoxy) is 1. The van der Waals surface area contributed by atoms with Gasteiger partial charge in [0.25, 0.3) is 0 Å². The molecule has 2 aliphatic heterocycles. The van der Waals surface area contributed by atoms with Gasteiger partial charge in [0, 0.05) is 31.9 Å². The standard InChI is InChI=1S/C15H16BrIO2S/c16-13-2-1-11(17)7-12(13)14(18)10-3-5-19-15(8-10)4-6-20-9-15/h1-2,7,10H,3-6,8-9H2. The highest BCUT2D eigenvalue weighted by molar-refractivity contribution is 14.1. The topological polar surface area (TPSA) is 26.3 Å². The molecule has 1 aromatic carbocycles. The maximum atomic E-state index is 12.8. The van der Waals surface area contributed by atoms with E-state index in [9.17, 15) is 4.79 Å². The van der Waals surface area contributed by atoms with Crippen LogP contribution in [-0.2, 0) is 4.74 Å². The Bertz CT molecular complexity index is 529. The van der Waals surface area contributed by atoms with E-state index in [-0.39, 0.29) is 17.3 Å². The van der Waals surface area contributed by atoms with E-state index in [1.54, 1.807) is 0 Å². The molecule has 2 fully saturated rings. The van der Waals surface area contributed by atoms with Crippen LogP contribution in [0, 0.1) is 9.49 Å². The van der Waals surface area contributed by atoms with E-state index in [2.05, 4.69) is 38.5 Å². The SMILES string of the molecule is O=C(c1cc(I)ccc1Br)C1CCOC2(CCSC2)C1. The number of benzene rings is 1. The first kappa shape index (κ1) is 15.3. The van der Waals surface area contributed by atoms with Crippen molar-refractivity contribution >= 4 is 56.1 Å². The molecule has 2 unspecified atom stereocenters. The zero-order valence-corrected chi connectivity index (χ0v) is 15.6. The van der Waals surface area contributed by atoms with Crippen molar-refractivity contribution in [2.75, 3.05) is 18.1 Å². The summed E-state index contributed by atoms with van der Waals surface area (Å²) in [6.45, 7) is 0.721. The van der Waals surface area contributed by atoms with Crippen molar-refractivity contribution in [1.29, 1.82) is 0 Å². The molecule has 1 aromatic rings. The minimum absolute atomic E-state index is 0.0301. The van der Waals surface area contributed by atoms with Crippen LogP contribution in [0.2, 0.25) is 0 Å². The van der Waals surface area contributed by atoms with Gasteiger partial charge in [-0.1, -0.05) is 15.9 Å². The summed E-state index contributed by atoms with van der Waals surface area (Å²) in [5.74, 6) is 2.59. The maximum Gasteiger partial charge on any atom is 0.167 e. The lowest BCUT2D eigenvalue weighted by Crippen LogP contribution is -2.42. The second-order valence-corrected chi connectivity index (χ2v) is 8.72. The van der Waals surface area contributed by atoms with Crippen molar-refractivity contribution < 1.29 is 9.53 Å². The van der Waals surface area contributed by atoms with E-state index < -0.39 is 0 Å². The van der Waals surface area contributed by atoms with Gasteiger partial charge in [-0.25, -0.2) is 0 Å². The second kappa shape index (κ2) is 6.26. The fraction of sp³-hybridized carbons (Fsp3) is 0.533. The van der Waals surface area contributed by atoms with Gasteiger partial charge in [-0.15, -0.1) is 0 Å². The Morgan fingerprint density at radius 3 is 3.10 bits per heavy atom. The average molecular weight is 467 g/mol. The van der Waals surface area contributed by atoms with E-state index in [0.29, 0.717) is 0 Å². The largest absolute Gasteiger partial charge is 0.374 e. The maximum absolute atomic E-state index is 12.8. The van der Waals surface area contributed by atoms with E-state index in [4.69, 9.17) is 4.74 Å². The third kappa shape index (κ3) is 3.10. The molecule has 0 aromatic heterocycles. The number of Topliss-reactive ketones (excluding diaryl/α,β-unsaturated/α-hetero) is 1. The van der Waals surface area contributed by atoms with Crippen LogP contribution in [0.4, 0.5) is 0 Å². The number of thioether (sulfide) groups is 1. The molecule has 0 N–H and O–H groups in total. The number of hydrogen-bond acceptors (Lipinski definition) is 3. The third-order valence-corrected chi connectivity index (χ3v) is 6.71. The van der Waals surface area contributed by atoms with Crippen molar-refractivity contribution in [2.45, 2.75) is 24.9 Å². The summed E-state index contributed by atoms with van der Waals surface area (Å²) >= 11 is 7.72. The number of rotatable bonds is 2. The fourth-order valence-electron chi connectivity index (χ4n) is 3.02. The molecule has 2 atom stereocenters. The molecule has 1 spiro atoms. The molecule has 0 amide bonds. The van der Waals surface area contributed by atoms with Crippen LogP contribution in [0.15, 0.2) is 22.7 Å². The lowest BCUT2D eigenvalue weighted by molar-refractivity contribution is -0.0734. The second-order valence-electron chi connectivity index (χ2n) is 5.51. The summed E-state index contributed by atoms with van der Waals surface area (Å²) in [5, 5.41) is 0. The summed E-state index contributed by atoms with van der Waals surface area (Å²) in [6, 6.07) is 5.97. The van der Waals surface area contributed by atoms with Gasteiger partial charge in [0.1, 0.15) is 0 Å². The molecular formula is C15H16BrIO2S. The molecule has 2 saturated heterocycles. The molecule has 0 radical (unpaired) electrons. The number of carbonyl (C=O) groups is 1. The van der Waals surface area contributed by atoms with Crippen LogP contribution >= 0.6 is 50.3 Å². The lowest BCUT2D eigenvalue weighted by Gasteiger charge is -2.37. The zero-order valence-electron chi connectivity index (χ0n) is 11.0. The summed E-state index contributed by atoms with van der Waals surface area (Å²) in [6.07, 6.45) is 2.83. The Morgan fingerprint density at radius 2 is 2.35 bits per heavy atom. The Morgan fingerprint density at radius 1 is 1.50 bits per heavy atom. The van der Waals surface area contributed by atoms with Gasteiger partial charge in [-0.3, -0.25) is 4.79 Å². The minimum Gasteiger partial charge on any atom is -0.374 e. The smallest absolute Gasteiger partial charge is 0.167 e. The van der Waals surface area contributed by atoms with Crippen molar-refractivity contribution in [3.8, 4) is 0 Å². The molecule has 3 rings (SSSR count). The van der Waals surface area contributed by atoms with E-state index in [0.717, 1.165) is 51.0 Å². The van der Waals surface area contributed by atoms with Crippen LogP contribution in [0.1, 0.15) is 29.6 Å². The highest BCUT2D eigenvalue weighted by Crippen LogP contribution is 2.41. The number of carbonyl (C=O) groups excluding carboxylic acids is 1. The van der Waals surface area contributed by atoms with Crippen LogP contribution in [0.5, 0.6) is 0 Å². The molecule has 0 aliphatic carbocycles. The lowest BCUT2D eigenvalue weighted by atomic mass is 9.81. The van der Waals surface area contributed by atoms with Gasteiger partial charge in [-0.05, 0) is 65.8 Å². The van der Waals surface area contributed by atoms with Crippen molar-refractivity contribution in [3.63, 3.8) is 0 Å². The minimum atomic E-state index is -0.0301. The first-order chi connectivity index (χ1) is 9.60. The van der Waals surface area contributed by atoms with Crippen molar-refractivity contribution in [1.82, 2.24) is 0 Å². The summed E-state index contributed by atoms with van der Waals surface area (Å²) in [4.78, 5) is 12.8. The highest BCUT2D eigenvalue weighted by Gasteiger charge is 2.42. The van der Waals surface area contributed by atoms with Gasteiger partial charge >= 0.3 is 0 Å². The van der Waals surface area contributed by atoms with Gasteiger partial charge in [0.05, 0.1) is 5.60 Å². The van der Waals surface area contributed by atoms with Crippen LogP contribution in [0.3, 0.4) is 0 Å². The van der Waals surface area contributed by atoms with E-state index in [1.165, 1.54) is 0 Å². The van der Waals surface area contributed by atoms with Crippen molar-refractivity contribution in [2.24, 2.45) is 5.92 Å². The molecule has 20 heavy (non-hydrogen) atoms. The van der Waals surface area contributed by atoms with E-state index in [1.807, 2.05) is 30.0 Å². The third-order valence-electron chi connectivity index (χ3n) is 4.12. The van der Waals surface area contributed by atoms with Gasteiger partial charge in [0.15, 0.2) is 5.78 Å². The number of halogens is 2. The monoisotopic (exact) mass is 466 g/mol. The first-order valence-electron chi connectivity index (χ1n) is 6.81. The van der Waals surface area contributed by atoms with Crippen molar-refractivity contribution in [3.05, 3.63) is 31.8 Å². The molecule has 2 aliphatic rings.